The summed E-state index contributed by atoms with van der Waals surface area (Å²) in [5.41, 5.74) is -0.192. The van der Waals surface area contributed by atoms with E-state index < -0.39 is 17.1 Å². The molecule has 1 fully saturated rings. The van der Waals surface area contributed by atoms with Gasteiger partial charge in [-0.05, 0) is 18.9 Å². The van der Waals surface area contributed by atoms with Crippen LogP contribution in [0.2, 0.25) is 0 Å². The molecule has 0 unspecified atom stereocenters. The van der Waals surface area contributed by atoms with E-state index in [-0.39, 0.29) is 0 Å². The molecule has 18 heavy (non-hydrogen) atoms. The van der Waals surface area contributed by atoms with Crippen LogP contribution in [0.1, 0.15) is 31.2 Å². The minimum Gasteiger partial charge on any atom is -0.505 e. The molecule has 1 N–H and O–H groups in total. The third-order valence-electron chi connectivity index (χ3n) is 3.46. The second-order valence-corrected chi connectivity index (χ2v) is 4.45. The van der Waals surface area contributed by atoms with Crippen LogP contribution in [0.5, 0.6) is 11.5 Å². The van der Waals surface area contributed by atoms with E-state index in [0.29, 0.717) is 24.2 Å². The number of rotatable bonds is 3. The van der Waals surface area contributed by atoms with E-state index in [4.69, 9.17) is 4.74 Å². The maximum atomic E-state index is 13.3. The highest BCUT2D eigenvalue weighted by atomic mass is 19.1. The first-order valence-electron chi connectivity index (χ1n) is 5.79. The second-order valence-electron chi connectivity index (χ2n) is 4.45. The number of isocyanates is 1. The number of phenolic OH excluding ortho intramolecular Hbond substituents is 1. The molecule has 1 aliphatic rings. The Labute approximate surface area is 104 Å². The lowest BCUT2D eigenvalue weighted by molar-refractivity contribution is 0.367. The van der Waals surface area contributed by atoms with E-state index in [0.717, 1.165) is 18.9 Å². The average Bonchev–Trinajstić information content (AvgIpc) is 2.82. The molecule has 2 rings (SSSR count). The molecule has 5 heteroatoms. The van der Waals surface area contributed by atoms with Crippen molar-refractivity contribution in [3.63, 3.8) is 0 Å². The molecular formula is C13H14FNO3. The van der Waals surface area contributed by atoms with Gasteiger partial charge in [0.2, 0.25) is 6.08 Å². The number of ether oxygens (including phenoxy) is 1. The van der Waals surface area contributed by atoms with Gasteiger partial charge >= 0.3 is 0 Å². The molecule has 1 aromatic carbocycles. The minimum absolute atomic E-state index is 0.297. The van der Waals surface area contributed by atoms with Gasteiger partial charge in [-0.2, -0.15) is 4.99 Å². The lowest BCUT2D eigenvalue weighted by atomic mass is 9.88. The van der Waals surface area contributed by atoms with Crippen LogP contribution in [-0.2, 0) is 10.3 Å². The zero-order valence-electron chi connectivity index (χ0n) is 10.1. The summed E-state index contributed by atoms with van der Waals surface area (Å²) in [6, 6.07) is 2.41. The van der Waals surface area contributed by atoms with Crippen LogP contribution >= 0.6 is 0 Å². The zero-order valence-corrected chi connectivity index (χ0v) is 10.1. The van der Waals surface area contributed by atoms with Gasteiger partial charge < -0.3 is 9.84 Å². The first kappa shape index (κ1) is 12.6. The summed E-state index contributed by atoms with van der Waals surface area (Å²) < 4.78 is 18.4. The SMILES string of the molecule is COc1cc(F)c(O)cc1C1(N=C=O)CCCC1. The van der Waals surface area contributed by atoms with Crippen molar-refractivity contribution < 1.29 is 19.0 Å². The highest BCUT2D eigenvalue weighted by Gasteiger charge is 2.38. The summed E-state index contributed by atoms with van der Waals surface area (Å²) in [7, 11) is 1.42. The van der Waals surface area contributed by atoms with E-state index in [1.54, 1.807) is 6.08 Å². The fourth-order valence-electron chi connectivity index (χ4n) is 2.56. The van der Waals surface area contributed by atoms with Crippen LogP contribution in [-0.4, -0.2) is 18.3 Å². The molecule has 0 spiro atoms. The molecule has 0 amide bonds. The first-order chi connectivity index (χ1) is 8.63. The number of hydrogen-bond donors (Lipinski definition) is 1. The Morgan fingerprint density at radius 2 is 2.11 bits per heavy atom. The zero-order chi connectivity index (χ0) is 13.2. The highest BCUT2D eigenvalue weighted by molar-refractivity contribution is 5.48. The van der Waals surface area contributed by atoms with Crippen molar-refractivity contribution in [3.8, 4) is 11.5 Å². The standard InChI is InChI=1S/C13H14FNO3/c1-18-12-7-10(14)11(17)6-9(12)13(15-8-16)4-2-3-5-13/h6-7,17H,2-5H2,1H3. The number of halogens is 1. The molecule has 1 aliphatic carbocycles. The van der Waals surface area contributed by atoms with Gasteiger partial charge in [0.15, 0.2) is 11.6 Å². The highest BCUT2D eigenvalue weighted by Crippen LogP contribution is 2.47. The Morgan fingerprint density at radius 3 is 2.67 bits per heavy atom. The fourth-order valence-corrected chi connectivity index (χ4v) is 2.56. The number of phenols is 1. The van der Waals surface area contributed by atoms with E-state index in [9.17, 15) is 14.3 Å². The molecule has 0 heterocycles. The van der Waals surface area contributed by atoms with Crippen molar-refractivity contribution in [1.29, 1.82) is 0 Å². The molecule has 0 bridgehead atoms. The molecule has 96 valence electrons. The Balaban J connectivity index is 2.60. The summed E-state index contributed by atoms with van der Waals surface area (Å²) in [6.07, 6.45) is 4.77. The fraction of sp³-hybridized carbons (Fsp3) is 0.462. The number of methoxy groups -OCH3 is 1. The Morgan fingerprint density at radius 1 is 1.44 bits per heavy atom. The average molecular weight is 251 g/mol. The molecule has 0 atom stereocenters. The van der Waals surface area contributed by atoms with Gasteiger partial charge in [0.25, 0.3) is 0 Å². The van der Waals surface area contributed by atoms with Crippen molar-refractivity contribution >= 4 is 6.08 Å². The van der Waals surface area contributed by atoms with Gasteiger partial charge in [0.05, 0.1) is 7.11 Å². The molecule has 0 saturated heterocycles. The Bertz CT molecular complexity index is 503. The predicted molar refractivity (Wildman–Crippen MR) is 62.9 cm³/mol. The number of carbonyl (C=O) groups excluding carboxylic acids is 1. The quantitative estimate of drug-likeness (QED) is 0.663. The van der Waals surface area contributed by atoms with Crippen LogP contribution in [0.25, 0.3) is 0 Å². The van der Waals surface area contributed by atoms with E-state index in [1.165, 1.54) is 13.2 Å². The molecule has 4 nitrogen and oxygen atoms in total. The maximum Gasteiger partial charge on any atom is 0.235 e. The molecular weight excluding hydrogens is 237 g/mol. The molecule has 1 saturated carbocycles. The van der Waals surface area contributed by atoms with Gasteiger partial charge in [0, 0.05) is 11.6 Å². The van der Waals surface area contributed by atoms with Crippen molar-refractivity contribution in [2.75, 3.05) is 7.11 Å². The second kappa shape index (κ2) is 4.78. The topological polar surface area (TPSA) is 58.9 Å². The van der Waals surface area contributed by atoms with Crippen molar-refractivity contribution in [3.05, 3.63) is 23.5 Å². The lowest BCUT2D eigenvalue weighted by Crippen LogP contribution is -2.20. The maximum absolute atomic E-state index is 13.3. The van der Waals surface area contributed by atoms with Crippen LogP contribution in [0.15, 0.2) is 17.1 Å². The minimum atomic E-state index is -0.751. The molecule has 0 radical (unpaired) electrons. The Hall–Kier alpha value is -1.87. The first-order valence-corrected chi connectivity index (χ1v) is 5.79. The molecule has 0 aliphatic heterocycles. The smallest absolute Gasteiger partial charge is 0.235 e. The van der Waals surface area contributed by atoms with Crippen molar-refractivity contribution in [2.24, 2.45) is 4.99 Å². The molecule has 0 aromatic heterocycles. The largest absolute Gasteiger partial charge is 0.505 e. The monoisotopic (exact) mass is 251 g/mol. The number of nitrogens with zero attached hydrogens (tertiary/aromatic N) is 1. The van der Waals surface area contributed by atoms with E-state index >= 15 is 0 Å². The normalized spacial score (nSPS) is 17.2. The summed E-state index contributed by atoms with van der Waals surface area (Å²) >= 11 is 0. The number of aliphatic imine (C=N–C) groups is 1. The van der Waals surface area contributed by atoms with Gasteiger partial charge in [-0.15, -0.1) is 0 Å². The summed E-state index contributed by atoms with van der Waals surface area (Å²) in [5.74, 6) is -0.914. The number of hydrogen-bond acceptors (Lipinski definition) is 4. The van der Waals surface area contributed by atoms with Crippen molar-refractivity contribution in [2.45, 2.75) is 31.2 Å². The van der Waals surface area contributed by atoms with Gasteiger partial charge in [-0.1, -0.05) is 12.8 Å². The summed E-state index contributed by atoms with van der Waals surface area (Å²) in [6.45, 7) is 0. The molecule has 1 aromatic rings. The Kier molecular flexibility index (Phi) is 3.34. The number of benzene rings is 1. The lowest BCUT2D eigenvalue weighted by Gasteiger charge is -2.25. The third-order valence-corrected chi connectivity index (χ3v) is 3.46. The van der Waals surface area contributed by atoms with Crippen LogP contribution in [0, 0.1) is 5.82 Å². The van der Waals surface area contributed by atoms with Gasteiger partial charge in [-0.25, -0.2) is 9.18 Å². The van der Waals surface area contributed by atoms with Gasteiger partial charge in [-0.3, -0.25) is 0 Å². The van der Waals surface area contributed by atoms with Crippen LogP contribution in [0.3, 0.4) is 0 Å². The van der Waals surface area contributed by atoms with E-state index in [2.05, 4.69) is 4.99 Å². The summed E-state index contributed by atoms with van der Waals surface area (Å²) in [4.78, 5) is 14.5. The predicted octanol–water partition coefficient (Wildman–Crippen LogP) is 2.65. The van der Waals surface area contributed by atoms with Crippen LogP contribution < -0.4 is 4.74 Å². The summed E-state index contributed by atoms with van der Waals surface area (Å²) in [5, 5.41) is 9.49. The van der Waals surface area contributed by atoms with E-state index in [1.807, 2.05) is 0 Å². The third kappa shape index (κ3) is 1.97. The van der Waals surface area contributed by atoms with Crippen LogP contribution in [0.4, 0.5) is 4.39 Å². The van der Waals surface area contributed by atoms with Crippen molar-refractivity contribution in [1.82, 2.24) is 0 Å². The van der Waals surface area contributed by atoms with Gasteiger partial charge in [0.1, 0.15) is 11.3 Å². The number of aromatic hydroxyl groups is 1.